The molecule has 1 saturated carbocycles. The molecule has 1 aromatic rings. The van der Waals surface area contributed by atoms with Gasteiger partial charge in [-0.3, -0.25) is 0 Å². The summed E-state index contributed by atoms with van der Waals surface area (Å²) in [5.74, 6) is 0.289. The molecule has 17 heavy (non-hydrogen) atoms. The number of hydrogen-bond acceptors (Lipinski definition) is 3. The highest BCUT2D eigenvalue weighted by Crippen LogP contribution is 2.24. The molecule has 3 nitrogen and oxygen atoms in total. The molecule has 1 aliphatic carbocycles. The third-order valence-corrected chi connectivity index (χ3v) is 3.30. The van der Waals surface area contributed by atoms with Crippen LogP contribution < -0.4 is 5.73 Å². The Balaban J connectivity index is 1.84. The first-order valence-electron chi connectivity index (χ1n) is 6.28. The van der Waals surface area contributed by atoms with E-state index in [1.807, 2.05) is 0 Å². The first-order chi connectivity index (χ1) is 8.25. The number of esters is 1. The van der Waals surface area contributed by atoms with Crippen LogP contribution in [0, 0.1) is 5.92 Å². The van der Waals surface area contributed by atoms with Crippen LogP contribution in [0.1, 0.15) is 42.5 Å². The van der Waals surface area contributed by atoms with E-state index in [4.69, 9.17) is 10.5 Å². The highest BCUT2D eigenvalue weighted by Gasteiger charge is 2.16. The van der Waals surface area contributed by atoms with Crippen molar-refractivity contribution in [1.82, 2.24) is 0 Å². The molecule has 0 spiro atoms. The Bertz CT molecular complexity index is 384. The highest BCUT2D eigenvalue weighted by molar-refractivity contribution is 5.90. The minimum absolute atomic E-state index is 0.261. The Morgan fingerprint density at radius 2 is 2.06 bits per heavy atom. The van der Waals surface area contributed by atoms with Gasteiger partial charge in [0.15, 0.2) is 0 Å². The van der Waals surface area contributed by atoms with Crippen molar-refractivity contribution in [1.29, 1.82) is 0 Å². The molecule has 0 amide bonds. The number of carbonyl (C=O) groups is 1. The molecular formula is C14H19NO2. The second-order valence-corrected chi connectivity index (χ2v) is 4.73. The van der Waals surface area contributed by atoms with Crippen LogP contribution in [0.3, 0.4) is 0 Å². The minimum Gasteiger partial charge on any atom is -0.462 e. The number of anilines is 1. The summed E-state index contributed by atoms with van der Waals surface area (Å²) in [4.78, 5) is 11.8. The third kappa shape index (κ3) is 3.48. The fraction of sp³-hybridized carbons (Fsp3) is 0.500. The van der Waals surface area contributed by atoms with Gasteiger partial charge in [-0.15, -0.1) is 0 Å². The van der Waals surface area contributed by atoms with Crippen molar-refractivity contribution in [2.75, 3.05) is 12.3 Å². The van der Waals surface area contributed by atoms with Crippen molar-refractivity contribution in [3.05, 3.63) is 29.8 Å². The molecule has 0 heterocycles. The maximum Gasteiger partial charge on any atom is 0.338 e. The highest BCUT2D eigenvalue weighted by atomic mass is 16.5. The summed E-state index contributed by atoms with van der Waals surface area (Å²) < 4.78 is 5.33. The van der Waals surface area contributed by atoms with E-state index in [1.54, 1.807) is 24.3 Å². The predicted molar refractivity (Wildman–Crippen MR) is 67.7 cm³/mol. The molecule has 2 N–H and O–H groups in total. The van der Waals surface area contributed by atoms with Gasteiger partial charge in [-0.1, -0.05) is 25.3 Å². The second-order valence-electron chi connectivity index (χ2n) is 4.73. The average molecular weight is 233 g/mol. The summed E-state index contributed by atoms with van der Waals surface area (Å²) in [6.07, 6.45) is 6.22. The topological polar surface area (TPSA) is 52.3 Å². The fourth-order valence-corrected chi connectivity index (χ4v) is 2.30. The van der Waals surface area contributed by atoms with Crippen molar-refractivity contribution in [3.8, 4) is 0 Å². The second kappa shape index (κ2) is 5.71. The summed E-state index contributed by atoms with van der Waals surface area (Å²) in [7, 11) is 0. The zero-order valence-corrected chi connectivity index (χ0v) is 10.0. The molecular weight excluding hydrogens is 214 g/mol. The van der Waals surface area contributed by atoms with Crippen molar-refractivity contribution in [3.63, 3.8) is 0 Å². The molecule has 1 aliphatic rings. The summed E-state index contributed by atoms with van der Waals surface area (Å²) in [5.41, 5.74) is 6.76. The van der Waals surface area contributed by atoms with Crippen LogP contribution in [0.25, 0.3) is 0 Å². The number of nitrogens with two attached hydrogens (primary N) is 1. The molecule has 0 bridgehead atoms. The molecule has 0 aromatic heterocycles. The van der Waals surface area contributed by atoms with Crippen molar-refractivity contribution in [2.24, 2.45) is 5.92 Å². The smallest absolute Gasteiger partial charge is 0.338 e. The van der Waals surface area contributed by atoms with Gasteiger partial charge < -0.3 is 10.5 Å². The first kappa shape index (κ1) is 12.0. The van der Waals surface area contributed by atoms with Gasteiger partial charge in [0.05, 0.1) is 12.2 Å². The molecule has 92 valence electrons. The molecule has 2 rings (SSSR count). The van der Waals surface area contributed by atoms with Gasteiger partial charge in [0.1, 0.15) is 0 Å². The summed E-state index contributed by atoms with van der Waals surface area (Å²) in [6, 6.07) is 6.92. The lowest BCUT2D eigenvalue weighted by Crippen LogP contribution is -2.16. The normalized spacial score (nSPS) is 16.7. The lowest BCUT2D eigenvalue weighted by Gasteiger charge is -2.21. The van der Waals surface area contributed by atoms with E-state index in [0.29, 0.717) is 23.8 Å². The monoisotopic (exact) mass is 233 g/mol. The van der Waals surface area contributed by atoms with Crippen molar-refractivity contribution >= 4 is 11.7 Å². The molecule has 1 aromatic carbocycles. The molecule has 0 atom stereocenters. The SMILES string of the molecule is Nc1cccc(C(=O)OCC2CCCCC2)c1. The van der Waals surface area contributed by atoms with Gasteiger partial charge in [0.2, 0.25) is 0 Å². The number of benzene rings is 1. The van der Waals surface area contributed by atoms with Gasteiger partial charge in [-0.2, -0.15) is 0 Å². The Kier molecular flexibility index (Phi) is 4.02. The van der Waals surface area contributed by atoms with Gasteiger partial charge in [0.25, 0.3) is 0 Å². The molecule has 3 heteroatoms. The Labute approximate surface area is 102 Å². The van der Waals surface area contributed by atoms with E-state index in [0.717, 1.165) is 0 Å². The molecule has 0 saturated heterocycles. The fourth-order valence-electron chi connectivity index (χ4n) is 2.30. The zero-order valence-electron chi connectivity index (χ0n) is 10.0. The van der Waals surface area contributed by atoms with E-state index in [2.05, 4.69) is 0 Å². The molecule has 1 fully saturated rings. The van der Waals surface area contributed by atoms with E-state index >= 15 is 0 Å². The summed E-state index contributed by atoms with van der Waals surface area (Å²) >= 11 is 0. The third-order valence-electron chi connectivity index (χ3n) is 3.30. The van der Waals surface area contributed by atoms with Gasteiger partial charge in [0, 0.05) is 5.69 Å². The van der Waals surface area contributed by atoms with E-state index in [9.17, 15) is 4.79 Å². The minimum atomic E-state index is -0.261. The zero-order chi connectivity index (χ0) is 12.1. The van der Waals surface area contributed by atoms with Crippen LogP contribution in [0.2, 0.25) is 0 Å². The number of rotatable bonds is 3. The largest absolute Gasteiger partial charge is 0.462 e. The quantitative estimate of drug-likeness (QED) is 0.645. The standard InChI is InChI=1S/C14H19NO2/c15-13-8-4-7-12(9-13)14(16)17-10-11-5-2-1-3-6-11/h4,7-9,11H,1-3,5-6,10,15H2. The average Bonchev–Trinajstić information content (AvgIpc) is 2.37. The lowest BCUT2D eigenvalue weighted by molar-refractivity contribution is 0.0410. The summed E-state index contributed by atoms with van der Waals surface area (Å²) in [6.45, 7) is 0.549. The van der Waals surface area contributed by atoms with Gasteiger partial charge >= 0.3 is 5.97 Å². The number of hydrogen-bond donors (Lipinski definition) is 1. The maximum absolute atomic E-state index is 11.8. The van der Waals surface area contributed by atoms with Crippen molar-refractivity contribution < 1.29 is 9.53 Å². The van der Waals surface area contributed by atoms with Crippen LogP contribution in [-0.4, -0.2) is 12.6 Å². The molecule has 0 aliphatic heterocycles. The van der Waals surface area contributed by atoms with Gasteiger partial charge in [-0.05, 0) is 37.0 Å². The van der Waals surface area contributed by atoms with Crippen molar-refractivity contribution in [2.45, 2.75) is 32.1 Å². The van der Waals surface area contributed by atoms with Crippen LogP contribution in [-0.2, 0) is 4.74 Å². The Hall–Kier alpha value is -1.51. The van der Waals surface area contributed by atoms with E-state index in [-0.39, 0.29) is 5.97 Å². The molecule has 0 radical (unpaired) electrons. The number of nitrogen functional groups attached to an aromatic ring is 1. The van der Waals surface area contributed by atoms with Crippen LogP contribution in [0.5, 0.6) is 0 Å². The summed E-state index contributed by atoms with van der Waals surface area (Å²) in [5, 5.41) is 0. The Morgan fingerprint density at radius 3 is 2.76 bits per heavy atom. The van der Waals surface area contributed by atoms with Crippen LogP contribution in [0.15, 0.2) is 24.3 Å². The molecule has 0 unspecified atom stereocenters. The predicted octanol–water partition coefficient (Wildman–Crippen LogP) is 3.01. The van der Waals surface area contributed by atoms with E-state index in [1.165, 1.54) is 32.1 Å². The number of ether oxygens (including phenoxy) is 1. The van der Waals surface area contributed by atoms with Crippen LogP contribution in [0.4, 0.5) is 5.69 Å². The lowest BCUT2D eigenvalue weighted by atomic mass is 9.90. The van der Waals surface area contributed by atoms with Gasteiger partial charge in [-0.25, -0.2) is 4.79 Å². The first-order valence-corrected chi connectivity index (χ1v) is 6.28. The maximum atomic E-state index is 11.8. The van der Waals surface area contributed by atoms with Crippen LogP contribution >= 0.6 is 0 Å². The Morgan fingerprint density at radius 1 is 1.29 bits per heavy atom. The van der Waals surface area contributed by atoms with E-state index < -0.39 is 0 Å². The number of carbonyl (C=O) groups excluding carboxylic acids is 1.